The highest BCUT2D eigenvalue weighted by Crippen LogP contribution is 2.23. The van der Waals surface area contributed by atoms with Crippen LogP contribution in [0.5, 0.6) is 0 Å². The molecule has 0 saturated carbocycles. The van der Waals surface area contributed by atoms with E-state index in [-0.39, 0.29) is 22.5 Å². The van der Waals surface area contributed by atoms with E-state index in [1.165, 1.54) is 23.8 Å². The Bertz CT molecular complexity index is 1260. The molecule has 10 heteroatoms. The number of ether oxygens (including phenoxy) is 1. The molecule has 2 aromatic carbocycles. The largest absolute Gasteiger partial charge is 0.468 e. The maximum absolute atomic E-state index is 12.6. The molecular formula is C20H14ClN3O5S. The van der Waals surface area contributed by atoms with Crippen LogP contribution in [-0.4, -0.2) is 46.8 Å². The second kappa shape index (κ2) is 7.85. The molecular weight excluding hydrogens is 430 g/mol. The van der Waals surface area contributed by atoms with Gasteiger partial charge in [0.1, 0.15) is 13.1 Å². The fourth-order valence-corrected chi connectivity index (χ4v) is 4.46. The van der Waals surface area contributed by atoms with Gasteiger partial charge in [-0.1, -0.05) is 35.1 Å². The van der Waals surface area contributed by atoms with Crippen molar-refractivity contribution in [2.45, 2.75) is 6.54 Å². The number of amides is 3. The molecule has 0 saturated heterocycles. The summed E-state index contributed by atoms with van der Waals surface area (Å²) in [6, 6.07) is 11.5. The Kier molecular flexibility index (Phi) is 5.23. The number of thiazole rings is 1. The van der Waals surface area contributed by atoms with Crippen LogP contribution >= 0.6 is 22.9 Å². The van der Waals surface area contributed by atoms with Gasteiger partial charge >= 0.3 is 5.97 Å². The molecule has 8 nitrogen and oxygen atoms in total. The maximum atomic E-state index is 12.6. The van der Waals surface area contributed by atoms with Gasteiger partial charge in [-0.25, -0.2) is 0 Å². The third kappa shape index (κ3) is 3.53. The number of benzene rings is 2. The number of fused-ring (bicyclic) bond motifs is 2. The monoisotopic (exact) mass is 443 g/mol. The zero-order valence-corrected chi connectivity index (χ0v) is 17.2. The minimum atomic E-state index is -0.694. The molecule has 0 bridgehead atoms. The number of carbonyl (C=O) groups is 4. The van der Waals surface area contributed by atoms with E-state index in [0.717, 1.165) is 20.9 Å². The molecule has 3 aromatic rings. The second-order valence-corrected chi connectivity index (χ2v) is 7.85. The van der Waals surface area contributed by atoms with E-state index >= 15 is 0 Å². The number of hydrogen-bond donors (Lipinski definition) is 0. The predicted molar refractivity (Wildman–Crippen MR) is 109 cm³/mol. The average Bonchev–Trinajstić information content (AvgIpc) is 3.17. The molecule has 1 aromatic heterocycles. The summed E-state index contributed by atoms with van der Waals surface area (Å²) in [5, 5.41) is 0.498. The smallest absolute Gasteiger partial charge is 0.325 e. The normalized spacial score (nSPS) is 13.8. The Morgan fingerprint density at radius 1 is 1.07 bits per heavy atom. The van der Waals surface area contributed by atoms with Crippen LogP contribution in [0.25, 0.3) is 10.2 Å². The number of aromatic nitrogens is 1. The van der Waals surface area contributed by atoms with Crippen molar-refractivity contribution in [3.63, 3.8) is 0 Å². The SMILES string of the molecule is COC(=O)Cn1c(=NC(=O)CN2C(=O)c3ccccc3C2=O)sc2cc(Cl)ccc21. The number of rotatable bonds is 4. The van der Waals surface area contributed by atoms with Crippen molar-refractivity contribution in [1.29, 1.82) is 0 Å². The quantitative estimate of drug-likeness (QED) is 0.455. The highest BCUT2D eigenvalue weighted by molar-refractivity contribution is 7.16. The Hall–Kier alpha value is -3.30. The fourth-order valence-electron chi connectivity index (χ4n) is 3.14. The second-order valence-electron chi connectivity index (χ2n) is 6.41. The summed E-state index contributed by atoms with van der Waals surface area (Å²) in [7, 11) is 1.26. The number of carbonyl (C=O) groups excluding carboxylic acids is 4. The van der Waals surface area contributed by atoms with E-state index in [0.29, 0.717) is 10.5 Å². The standard InChI is InChI=1S/C20H14ClN3O5S/c1-29-17(26)10-23-14-7-6-11(21)8-15(14)30-20(23)22-16(25)9-24-18(27)12-4-2-3-5-13(12)19(24)28/h2-8H,9-10H2,1H3. The first-order valence-corrected chi connectivity index (χ1v) is 9.97. The van der Waals surface area contributed by atoms with Gasteiger partial charge in [0.25, 0.3) is 17.7 Å². The molecule has 0 radical (unpaired) electrons. The molecule has 152 valence electrons. The van der Waals surface area contributed by atoms with Gasteiger partial charge in [-0.05, 0) is 30.3 Å². The molecule has 0 fully saturated rings. The number of halogens is 1. The van der Waals surface area contributed by atoms with Crippen LogP contribution in [0.3, 0.4) is 0 Å². The van der Waals surface area contributed by atoms with Gasteiger partial charge in [0.05, 0.1) is 28.5 Å². The summed E-state index contributed by atoms with van der Waals surface area (Å²) in [5.41, 5.74) is 1.17. The summed E-state index contributed by atoms with van der Waals surface area (Å²) < 4.78 is 6.97. The van der Waals surface area contributed by atoms with Crippen molar-refractivity contribution < 1.29 is 23.9 Å². The summed E-state index contributed by atoms with van der Waals surface area (Å²) in [5.74, 6) is -2.28. The van der Waals surface area contributed by atoms with Crippen LogP contribution in [0.2, 0.25) is 5.02 Å². The summed E-state index contributed by atoms with van der Waals surface area (Å²) in [6.07, 6.45) is 0. The number of esters is 1. The van der Waals surface area contributed by atoms with Crippen molar-refractivity contribution in [3.8, 4) is 0 Å². The highest BCUT2D eigenvalue weighted by atomic mass is 35.5. The lowest BCUT2D eigenvalue weighted by molar-refractivity contribution is -0.141. The molecule has 0 N–H and O–H groups in total. The van der Waals surface area contributed by atoms with Gasteiger partial charge < -0.3 is 9.30 Å². The highest BCUT2D eigenvalue weighted by Gasteiger charge is 2.36. The van der Waals surface area contributed by atoms with Crippen LogP contribution in [-0.2, 0) is 20.9 Å². The Morgan fingerprint density at radius 3 is 2.37 bits per heavy atom. The van der Waals surface area contributed by atoms with Crippen LogP contribution in [0.15, 0.2) is 47.5 Å². The fraction of sp³-hybridized carbons (Fsp3) is 0.150. The number of imide groups is 1. The van der Waals surface area contributed by atoms with Crippen molar-refractivity contribution in [2.24, 2.45) is 4.99 Å². The van der Waals surface area contributed by atoms with Gasteiger partial charge in [0.2, 0.25) is 0 Å². The molecule has 0 spiro atoms. The Morgan fingerprint density at radius 2 is 1.73 bits per heavy atom. The lowest BCUT2D eigenvalue weighted by atomic mass is 10.1. The molecule has 30 heavy (non-hydrogen) atoms. The maximum Gasteiger partial charge on any atom is 0.325 e. The van der Waals surface area contributed by atoms with E-state index in [1.54, 1.807) is 30.3 Å². The summed E-state index contributed by atoms with van der Waals surface area (Å²) >= 11 is 7.20. The minimum Gasteiger partial charge on any atom is -0.468 e. The first-order chi connectivity index (χ1) is 14.4. The van der Waals surface area contributed by atoms with Crippen LogP contribution in [0, 0.1) is 0 Å². The van der Waals surface area contributed by atoms with Crippen molar-refractivity contribution >= 4 is 56.8 Å². The number of hydrogen-bond acceptors (Lipinski definition) is 6. The lowest BCUT2D eigenvalue weighted by Crippen LogP contribution is -2.35. The lowest BCUT2D eigenvalue weighted by Gasteiger charge is -2.10. The van der Waals surface area contributed by atoms with Crippen molar-refractivity contribution in [3.05, 3.63) is 63.4 Å². The third-order valence-corrected chi connectivity index (χ3v) is 5.83. The van der Waals surface area contributed by atoms with E-state index < -0.39 is 30.2 Å². The molecule has 1 aliphatic heterocycles. The van der Waals surface area contributed by atoms with E-state index in [4.69, 9.17) is 16.3 Å². The molecule has 2 heterocycles. The molecule has 0 atom stereocenters. The average molecular weight is 444 g/mol. The Balaban J connectivity index is 1.68. The zero-order chi connectivity index (χ0) is 21.4. The summed E-state index contributed by atoms with van der Waals surface area (Å²) in [6.45, 7) is -0.656. The number of nitrogens with zero attached hydrogens (tertiary/aromatic N) is 3. The van der Waals surface area contributed by atoms with Crippen molar-refractivity contribution in [2.75, 3.05) is 13.7 Å². The van der Waals surface area contributed by atoms with E-state index in [2.05, 4.69) is 4.99 Å². The van der Waals surface area contributed by atoms with Crippen LogP contribution < -0.4 is 4.80 Å². The molecule has 0 unspecified atom stereocenters. The van der Waals surface area contributed by atoms with Crippen LogP contribution in [0.1, 0.15) is 20.7 Å². The topological polar surface area (TPSA) is 98.0 Å². The zero-order valence-electron chi connectivity index (χ0n) is 15.6. The van der Waals surface area contributed by atoms with Gasteiger partial charge in [-0.2, -0.15) is 4.99 Å². The van der Waals surface area contributed by atoms with E-state index in [1.807, 2.05) is 0 Å². The first-order valence-electron chi connectivity index (χ1n) is 8.77. The van der Waals surface area contributed by atoms with Gasteiger partial charge in [0.15, 0.2) is 4.80 Å². The first kappa shape index (κ1) is 20.0. The molecule has 4 rings (SSSR count). The molecule has 1 aliphatic rings. The third-order valence-electron chi connectivity index (χ3n) is 4.55. The summed E-state index contributed by atoms with van der Waals surface area (Å²) in [4.78, 5) is 54.5. The minimum absolute atomic E-state index is 0.155. The van der Waals surface area contributed by atoms with E-state index in [9.17, 15) is 19.2 Å². The molecule has 0 aliphatic carbocycles. The Labute approximate surface area is 179 Å². The van der Waals surface area contributed by atoms with Gasteiger partial charge in [-0.15, -0.1) is 0 Å². The number of methoxy groups -OCH3 is 1. The van der Waals surface area contributed by atoms with Gasteiger partial charge in [-0.3, -0.25) is 24.1 Å². The van der Waals surface area contributed by atoms with Crippen molar-refractivity contribution in [1.82, 2.24) is 9.47 Å². The molecule has 3 amide bonds. The van der Waals surface area contributed by atoms with Crippen LogP contribution in [0.4, 0.5) is 0 Å². The predicted octanol–water partition coefficient (Wildman–Crippen LogP) is 2.25. The van der Waals surface area contributed by atoms with Gasteiger partial charge in [0, 0.05) is 5.02 Å².